The van der Waals surface area contributed by atoms with Gasteiger partial charge < -0.3 is 11.1 Å². The number of carbonyl (C=O) groups is 1. The van der Waals surface area contributed by atoms with E-state index in [-0.39, 0.29) is 17.4 Å². The van der Waals surface area contributed by atoms with Crippen LogP contribution in [0.25, 0.3) is 0 Å². The maximum Gasteiger partial charge on any atom is 0.223 e. The van der Waals surface area contributed by atoms with Crippen LogP contribution >= 0.6 is 0 Å². The molecule has 0 aliphatic rings. The average Bonchev–Trinajstić information content (AvgIpc) is 2.02. The Kier molecular flexibility index (Phi) is 5.13. The lowest BCUT2D eigenvalue weighted by molar-refractivity contribution is -0.125. The molecule has 0 aromatic carbocycles. The Hall–Kier alpha value is -0.570. The molecule has 3 nitrogen and oxygen atoms in total. The molecular weight excluding hydrogens is 176 g/mol. The van der Waals surface area contributed by atoms with Crippen LogP contribution in [0.1, 0.15) is 41.0 Å². The van der Waals surface area contributed by atoms with Gasteiger partial charge >= 0.3 is 0 Å². The van der Waals surface area contributed by atoms with E-state index >= 15 is 0 Å². The fourth-order valence-corrected chi connectivity index (χ4v) is 1.53. The SMILES string of the molecule is CC(C)CC(C)(CN)NC(=O)C(C)C. The molecule has 0 rings (SSSR count). The van der Waals surface area contributed by atoms with E-state index < -0.39 is 0 Å². The second-order valence-corrected chi connectivity index (χ2v) is 5.01. The van der Waals surface area contributed by atoms with Crippen molar-refractivity contribution in [2.75, 3.05) is 6.54 Å². The van der Waals surface area contributed by atoms with Crippen molar-refractivity contribution in [2.45, 2.75) is 46.6 Å². The highest BCUT2D eigenvalue weighted by Gasteiger charge is 2.26. The molecule has 0 fully saturated rings. The van der Waals surface area contributed by atoms with Crippen molar-refractivity contribution >= 4 is 5.91 Å². The van der Waals surface area contributed by atoms with Crippen LogP contribution in [0.15, 0.2) is 0 Å². The molecular formula is C11H24N2O. The third kappa shape index (κ3) is 4.61. The van der Waals surface area contributed by atoms with Crippen molar-refractivity contribution in [2.24, 2.45) is 17.6 Å². The van der Waals surface area contributed by atoms with Gasteiger partial charge in [0.1, 0.15) is 0 Å². The van der Waals surface area contributed by atoms with E-state index in [1.54, 1.807) is 0 Å². The summed E-state index contributed by atoms with van der Waals surface area (Å²) in [6.07, 6.45) is 0.919. The minimum absolute atomic E-state index is 0.0213. The van der Waals surface area contributed by atoms with E-state index in [9.17, 15) is 4.79 Å². The molecule has 3 N–H and O–H groups in total. The van der Waals surface area contributed by atoms with Gasteiger partial charge in [-0.1, -0.05) is 27.7 Å². The van der Waals surface area contributed by atoms with Crippen molar-refractivity contribution in [3.63, 3.8) is 0 Å². The molecule has 3 heteroatoms. The number of hydrogen-bond acceptors (Lipinski definition) is 2. The first-order valence-corrected chi connectivity index (χ1v) is 5.33. The number of hydrogen-bond donors (Lipinski definition) is 2. The van der Waals surface area contributed by atoms with Crippen molar-refractivity contribution in [1.82, 2.24) is 5.32 Å². The summed E-state index contributed by atoms with van der Waals surface area (Å²) in [5, 5.41) is 3.01. The smallest absolute Gasteiger partial charge is 0.223 e. The monoisotopic (exact) mass is 200 g/mol. The Morgan fingerprint density at radius 2 is 1.86 bits per heavy atom. The Morgan fingerprint density at radius 1 is 1.36 bits per heavy atom. The summed E-state index contributed by atoms with van der Waals surface area (Å²) < 4.78 is 0. The molecule has 0 saturated heterocycles. The zero-order valence-corrected chi connectivity index (χ0v) is 10.1. The van der Waals surface area contributed by atoms with Crippen LogP contribution in [0.3, 0.4) is 0 Å². The van der Waals surface area contributed by atoms with Gasteiger partial charge in [-0.3, -0.25) is 4.79 Å². The van der Waals surface area contributed by atoms with Gasteiger partial charge in [0.25, 0.3) is 0 Å². The first kappa shape index (κ1) is 13.4. The molecule has 14 heavy (non-hydrogen) atoms. The van der Waals surface area contributed by atoms with E-state index in [0.29, 0.717) is 12.5 Å². The highest BCUT2D eigenvalue weighted by atomic mass is 16.2. The third-order valence-corrected chi connectivity index (χ3v) is 2.26. The highest BCUT2D eigenvalue weighted by molar-refractivity contribution is 5.78. The highest BCUT2D eigenvalue weighted by Crippen LogP contribution is 2.15. The summed E-state index contributed by atoms with van der Waals surface area (Å²) in [6, 6.07) is 0. The molecule has 0 saturated carbocycles. The number of nitrogens with two attached hydrogens (primary N) is 1. The molecule has 0 aromatic heterocycles. The molecule has 1 atom stereocenters. The molecule has 0 aliphatic heterocycles. The van der Waals surface area contributed by atoms with E-state index in [4.69, 9.17) is 5.73 Å². The van der Waals surface area contributed by atoms with E-state index in [2.05, 4.69) is 19.2 Å². The average molecular weight is 200 g/mol. The molecule has 0 aliphatic carbocycles. The molecule has 0 radical (unpaired) electrons. The van der Waals surface area contributed by atoms with Crippen molar-refractivity contribution < 1.29 is 4.79 Å². The second kappa shape index (κ2) is 5.35. The summed E-state index contributed by atoms with van der Waals surface area (Å²) in [7, 11) is 0. The summed E-state index contributed by atoms with van der Waals surface area (Å²) in [5.41, 5.74) is 5.43. The predicted octanol–water partition coefficient (Wildman–Crippen LogP) is 1.52. The van der Waals surface area contributed by atoms with Crippen molar-refractivity contribution in [3.8, 4) is 0 Å². The third-order valence-electron chi connectivity index (χ3n) is 2.26. The molecule has 0 aromatic rings. The quantitative estimate of drug-likeness (QED) is 0.707. The fourth-order valence-electron chi connectivity index (χ4n) is 1.53. The van der Waals surface area contributed by atoms with Crippen LogP contribution in [-0.2, 0) is 4.79 Å². The van der Waals surface area contributed by atoms with Gasteiger partial charge in [0.05, 0.1) is 0 Å². The summed E-state index contributed by atoms with van der Waals surface area (Å²) >= 11 is 0. The van der Waals surface area contributed by atoms with Crippen LogP contribution < -0.4 is 11.1 Å². The van der Waals surface area contributed by atoms with E-state index in [0.717, 1.165) is 6.42 Å². The normalized spacial score (nSPS) is 15.7. The largest absolute Gasteiger partial charge is 0.349 e. The fraction of sp³-hybridized carbons (Fsp3) is 0.909. The van der Waals surface area contributed by atoms with Crippen LogP contribution in [0.4, 0.5) is 0 Å². The van der Waals surface area contributed by atoms with Gasteiger partial charge in [-0.2, -0.15) is 0 Å². The van der Waals surface area contributed by atoms with Gasteiger partial charge in [-0.05, 0) is 19.3 Å². The predicted molar refractivity (Wildman–Crippen MR) is 59.9 cm³/mol. The van der Waals surface area contributed by atoms with Crippen LogP contribution in [-0.4, -0.2) is 18.0 Å². The topological polar surface area (TPSA) is 55.1 Å². The number of rotatable bonds is 5. The number of nitrogens with one attached hydrogen (secondary N) is 1. The maximum absolute atomic E-state index is 11.5. The molecule has 84 valence electrons. The lowest BCUT2D eigenvalue weighted by Crippen LogP contribution is -2.53. The van der Waals surface area contributed by atoms with Gasteiger partial charge in [0, 0.05) is 18.0 Å². The number of amides is 1. The Morgan fingerprint density at radius 3 is 2.14 bits per heavy atom. The Bertz CT molecular complexity index is 190. The number of carbonyl (C=O) groups excluding carboxylic acids is 1. The lowest BCUT2D eigenvalue weighted by Gasteiger charge is -2.32. The van der Waals surface area contributed by atoms with E-state index in [1.165, 1.54) is 0 Å². The van der Waals surface area contributed by atoms with Crippen molar-refractivity contribution in [1.29, 1.82) is 0 Å². The standard InChI is InChI=1S/C11H24N2O/c1-8(2)6-11(5,7-12)13-10(14)9(3)4/h8-9H,6-7,12H2,1-5H3,(H,13,14). The lowest BCUT2D eigenvalue weighted by atomic mass is 9.90. The molecule has 0 bridgehead atoms. The zero-order chi connectivity index (χ0) is 11.4. The minimum atomic E-state index is -0.254. The van der Waals surface area contributed by atoms with Gasteiger partial charge in [0.15, 0.2) is 0 Å². The first-order valence-electron chi connectivity index (χ1n) is 5.33. The zero-order valence-electron chi connectivity index (χ0n) is 10.1. The van der Waals surface area contributed by atoms with Crippen LogP contribution in [0.2, 0.25) is 0 Å². The Balaban J connectivity index is 4.32. The molecule has 1 amide bonds. The van der Waals surface area contributed by atoms with Crippen LogP contribution in [0.5, 0.6) is 0 Å². The van der Waals surface area contributed by atoms with Crippen LogP contribution in [0, 0.1) is 11.8 Å². The van der Waals surface area contributed by atoms with E-state index in [1.807, 2.05) is 20.8 Å². The van der Waals surface area contributed by atoms with Gasteiger partial charge in [0.2, 0.25) is 5.91 Å². The summed E-state index contributed by atoms with van der Waals surface area (Å²) in [4.78, 5) is 11.5. The summed E-state index contributed by atoms with van der Waals surface area (Å²) in [6.45, 7) is 10.5. The maximum atomic E-state index is 11.5. The second-order valence-electron chi connectivity index (χ2n) is 5.01. The van der Waals surface area contributed by atoms with Crippen molar-refractivity contribution in [3.05, 3.63) is 0 Å². The molecule has 1 unspecified atom stereocenters. The first-order chi connectivity index (χ1) is 6.30. The Labute approximate surface area is 87.4 Å². The minimum Gasteiger partial charge on any atom is -0.349 e. The van der Waals surface area contributed by atoms with Gasteiger partial charge in [-0.15, -0.1) is 0 Å². The molecule has 0 heterocycles. The molecule has 0 spiro atoms. The van der Waals surface area contributed by atoms with Gasteiger partial charge in [-0.25, -0.2) is 0 Å². The summed E-state index contributed by atoms with van der Waals surface area (Å²) in [5.74, 6) is 0.641.